The minimum Gasteiger partial charge on any atom is -0.393 e. The minimum absolute atomic E-state index is 0.152. The fourth-order valence-electron chi connectivity index (χ4n) is 6.39. The van der Waals surface area contributed by atoms with Gasteiger partial charge in [-0.15, -0.1) is 0 Å². The minimum atomic E-state index is -0.674. The van der Waals surface area contributed by atoms with Crippen molar-refractivity contribution in [2.45, 2.75) is 104 Å². The molecule has 0 radical (unpaired) electrons. The molecule has 3 nitrogen and oxygen atoms in total. The van der Waals surface area contributed by atoms with Gasteiger partial charge in [-0.1, -0.05) is 56.2 Å². The van der Waals surface area contributed by atoms with Gasteiger partial charge >= 0.3 is 0 Å². The predicted molar refractivity (Wildman–Crippen MR) is 124 cm³/mol. The van der Waals surface area contributed by atoms with Gasteiger partial charge in [0.15, 0.2) is 0 Å². The fraction of sp³-hybridized carbons (Fsp3) is 0.778. The molecule has 30 heavy (non-hydrogen) atoms. The quantitative estimate of drug-likeness (QED) is 0.514. The third-order valence-electron chi connectivity index (χ3n) is 8.56. The first-order valence-electron chi connectivity index (χ1n) is 12.2. The zero-order chi connectivity index (χ0) is 22.1. The van der Waals surface area contributed by atoms with Gasteiger partial charge in [0.2, 0.25) is 0 Å². The Hall–Kier alpha value is -0.900. The van der Waals surface area contributed by atoms with Crippen molar-refractivity contribution in [1.82, 2.24) is 0 Å². The summed E-state index contributed by atoms with van der Waals surface area (Å²) in [5.74, 6) is 2.00. The zero-order valence-electron chi connectivity index (χ0n) is 19.8. The summed E-state index contributed by atoms with van der Waals surface area (Å²) in [6.07, 6.45) is 16.5. The molecule has 3 aliphatic rings. The van der Waals surface area contributed by atoms with E-state index in [0.29, 0.717) is 42.4 Å². The first-order valence-corrected chi connectivity index (χ1v) is 12.2. The van der Waals surface area contributed by atoms with Crippen LogP contribution in [0.5, 0.6) is 0 Å². The Morgan fingerprint density at radius 2 is 1.70 bits per heavy atom. The molecule has 7 atom stereocenters. The molecular weight excluding hydrogens is 372 g/mol. The Bertz CT molecular complexity index is 671. The van der Waals surface area contributed by atoms with Crippen LogP contribution < -0.4 is 0 Å². The van der Waals surface area contributed by atoms with Crippen LogP contribution in [0.25, 0.3) is 0 Å². The second kappa shape index (κ2) is 9.30. The van der Waals surface area contributed by atoms with Gasteiger partial charge in [0.1, 0.15) is 0 Å². The van der Waals surface area contributed by atoms with Gasteiger partial charge in [-0.2, -0.15) is 0 Å². The molecule has 0 unspecified atom stereocenters. The molecule has 0 aromatic rings. The van der Waals surface area contributed by atoms with Crippen LogP contribution in [0.2, 0.25) is 0 Å². The number of allylic oxidation sites excluding steroid dienone is 4. The van der Waals surface area contributed by atoms with E-state index in [9.17, 15) is 15.3 Å². The van der Waals surface area contributed by atoms with E-state index in [-0.39, 0.29) is 5.92 Å². The van der Waals surface area contributed by atoms with Crippen molar-refractivity contribution in [3.05, 3.63) is 35.5 Å². The molecule has 3 N–H and O–H groups in total. The first-order chi connectivity index (χ1) is 14.0. The van der Waals surface area contributed by atoms with Crippen molar-refractivity contribution in [1.29, 1.82) is 0 Å². The molecular formula is C27H44O3. The lowest BCUT2D eigenvalue weighted by atomic mass is 9.61. The second-order valence-electron chi connectivity index (χ2n) is 11.3. The smallest absolute Gasteiger partial charge is 0.0651 e. The van der Waals surface area contributed by atoms with Crippen molar-refractivity contribution in [3.63, 3.8) is 0 Å². The van der Waals surface area contributed by atoms with E-state index in [1.54, 1.807) is 5.57 Å². The van der Waals surface area contributed by atoms with E-state index < -0.39 is 17.8 Å². The normalized spacial score (nSPS) is 38.7. The zero-order valence-corrected chi connectivity index (χ0v) is 19.8. The van der Waals surface area contributed by atoms with Crippen LogP contribution in [0.4, 0.5) is 0 Å². The number of fused-ring (bicyclic) bond motifs is 1. The maximum atomic E-state index is 10.2. The maximum absolute atomic E-state index is 10.2. The Morgan fingerprint density at radius 1 is 1.03 bits per heavy atom. The standard InChI is InChI=1S/C27H44O3/c1-18(8-9-19(2)26(3,4)30)24-12-13-25-21(7-6-14-27(24,25)5)11-10-20-15-22(28)17-23(29)16-20/h8-11,18-19,22-25,28-30H,6-7,12-17H2,1-5H3/b9-8+,21-11+/t18-,19+,22-,23-,24-,25-,27-/m1/s1. The molecule has 170 valence electrons. The van der Waals surface area contributed by atoms with Crippen LogP contribution in [0, 0.1) is 29.1 Å². The summed E-state index contributed by atoms with van der Waals surface area (Å²) < 4.78 is 0. The number of aliphatic hydroxyl groups is 3. The molecule has 0 aromatic carbocycles. The van der Waals surface area contributed by atoms with Crippen molar-refractivity contribution in [3.8, 4) is 0 Å². The fourth-order valence-corrected chi connectivity index (χ4v) is 6.39. The highest BCUT2D eigenvalue weighted by Gasteiger charge is 2.50. The average molecular weight is 417 g/mol. The van der Waals surface area contributed by atoms with Gasteiger partial charge in [-0.25, -0.2) is 0 Å². The second-order valence-corrected chi connectivity index (χ2v) is 11.3. The Labute approximate surface area is 184 Å². The van der Waals surface area contributed by atoms with E-state index in [4.69, 9.17) is 0 Å². The lowest BCUT2D eigenvalue weighted by molar-refractivity contribution is 0.0436. The Kier molecular flexibility index (Phi) is 7.37. The van der Waals surface area contributed by atoms with E-state index in [1.165, 1.54) is 37.7 Å². The molecule has 0 amide bonds. The van der Waals surface area contributed by atoms with Gasteiger partial charge < -0.3 is 15.3 Å². The van der Waals surface area contributed by atoms with Gasteiger partial charge in [-0.3, -0.25) is 0 Å². The largest absolute Gasteiger partial charge is 0.393 e. The van der Waals surface area contributed by atoms with Crippen LogP contribution in [0.1, 0.15) is 86.0 Å². The van der Waals surface area contributed by atoms with Gasteiger partial charge in [-0.05, 0) is 88.4 Å². The summed E-state index contributed by atoms with van der Waals surface area (Å²) in [5.41, 5.74) is 2.43. The van der Waals surface area contributed by atoms with Crippen LogP contribution in [0.15, 0.2) is 35.5 Å². The highest BCUT2D eigenvalue weighted by molar-refractivity contribution is 5.26. The van der Waals surface area contributed by atoms with Crippen LogP contribution in [-0.2, 0) is 0 Å². The summed E-state index contributed by atoms with van der Waals surface area (Å²) in [6.45, 7) is 10.7. The van der Waals surface area contributed by atoms with E-state index in [2.05, 4.69) is 45.1 Å². The highest BCUT2D eigenvalue weighted by Crippen LogP contribution is 2.59. The van der Waals surface area contributed by atoms with Gasteiger partial charge in [0.05, 0.1) is 17.8 Å². The van der Waals surface area contributed by atoms with Crippen molar-refractivity contribution in [2.75, 3.05) is 0 Å². The van der Waals surface area contributed by atoms with E-state index in [1.807, 2.05) is 13.8 Å². The highest BCUT2D eigenvalue weighted by atomic mass is 16.3. The van der Waals surface area contributed by atoms with E-state index in [0.717, 1.165) is 0 Å². The first kappa shape index (κ1) is 23.8. The van der Waals surface area contributed by atoms with E-state index >= 15 is 0 Å². The van der Waals surface area contributed by atoms with Crippen LogP contribution in [0.3, 0.4) is 0 Å². The van der Waals surface area contributed by atoms with Crippen molar-refractivity contribution < 1.29 is 15.3 Å². The third-order valence-corrected chi connectivity index (χ3v) is 8.56. The number of rotatable bonds is 5. The summed E-state index contributed by atoms with van der Waals surface area (Å²) in [5, 5.41) is 30.2. The molecule has 0 heterocycles. The molecule has 0 bridgehead atoms. The van der Waals surface area contributed by atoms with Gasteiger partial charge in [0.25, 0.3) is 0 Å². The van der Waals surface area contributed by atoms with Crippen LogP contribution in [-0.4, -0.2) is 33.1 Å². The topological polar surface area (TPSA) is 60.7 Å². The molecule has 3 aliphatic carbocycles. The SMILES string of the molecule is C[C@H](/C=C/[C@H](C)C(C)(C)O)[C@H]1CC[C@@H]2/C(=C/C=C3C[C@@H](O)C[C@H](O)C3)CCC[C@@]21C. The number of hydrogen-bond acceptors (Lipinski definition) is 3. The lowest BCUT2D eigenvalue weighted by Crippen LogP contribution is -2.35. The summed E-state index contributed by atoms with van der Waals surface area (Å²) in [4.78, 5) is 0. The number of aliphatic hydroxyl groups excluding tert-OH is 2. The molecule has 0 aliphatic heterocycles. The third kappa shape index (κ3) is 5.29. The molecule has 0 aromatic heterocycles. The lowest BCUT2D eigenvalue weighted by Gasteiger charge is -2.44. The monoisotopic (exact) mass is 416 g/mol. The number of hydrogen-bond donors (Lipinski definition) is 3. The Balaban J connectivity index is 1.73. The maximum Gasteiger partial charge on any atom is 0.0651 e. The molecule has 0 saturated heterocycles. The Morgan fingerprint density at radius 3 is 2.33 bits per heavy atom. The average Bonchev–Trinajstić information content (AvgIpc) is 3.00. The van der Waals surface area contributed by atoms with Crippen molar-refractivity contribution in [2.24, 2.45) is 29.1 Å². The molecule has 3 rings (SSSR count). The molecule has 3 fully saturated rings. The van der Waals surface area contributed by atoms with Gasteiger partial charge in [0, 0.05) is 5.92 Å². The molecule has 0 spiro atoms. The van der Waals surface area contributed by atoms with Crippen molar-refractivity contribution >= 4 is 0 Å². The summed E-state index contributed by atoms with van der Waals surface area (Å²) in [6, 6.07) is 0. The molecule has 3 saturated carbocycles. The van der Waals surface area contributed by atoms with Crippen LogP contribution >= 0.6 is 0 Å². The molecule has 3 heteroatoms. The summed E-state index contributed by atoms with van der Waals surface area (Å²) >= 11 is 0. The predicted octanol–water partition coefficient (Wildman–Crippen LogP) is 5.56. The summed E-state index contributed by atoms with van der Waals surface area (Å²) in [7, 11) is 0.